The topological polar surface area (TPSA) is 0 Å². The first kappa shape index (κ1) is 6.29. The van der Waals surface area contributed by atoms with Crippen molar-refractivity contribution in [2.75, 3.05) is 0 Å². The summed E-state index contributed by atoms with van der Waals surface area (Å²) in [6.45, 7) is 0. The molecular weight excluding hydrogens is 140 g/mol. The van der Waals surface area contributed by atoms with Gasteiger partial charge in [0.15, 0.2) is 0 Å². The van der Waals surface area contributed by atoms with Gasteiger partial charge in [-0.05, 0) is 25.0 Å². The Kier molecular flexibility index (Phi) is 1.68. The summed E-state index contributed by atoms with van der Waals surface area (Å²) in [6.07, 6.45) is 2.79. The summed E-state index contributed by atoms with van der Waals surface area (Å²) in [5.41, 5.74) is 0. The second-order valence-corrected chi connectivity index (χ2v) is 3.89. The molecule has 0 amide bonds. The molecule has 0 bridgehead atoms. The number of hydrogen-bond acceptors (Lipinski definition) is 1. The van der Waals surface area contributed by atoms with E-state index in [2.05, 4.69) is 18.2 Å². The second kappa shape index (κ2) is 2.67. The molecule has 1 aromatic carbocycles. The van der Waals surface area contributed by atoms with Crippen molar-refractivity contribution in [1.82, 2.24) is 0 Å². The molecule has 51 valence electrons. The SMILES string of the molecule is [c]1ccccc1SC1CC1. The van der Waals surface area contributed by atoms with Crippen LogP contribution in [0.4, 0.5) is 0 Å². The smallest absolute Gasteiger partial charge is 0.0154 e. The summed E-state index contributed by atoms with van der Waals surface area (Å²) in [5.74, 6) is 0. The van der Waals surface area contributed by atoms with E-state index in [1.807, 2.05) is 23.9 Å². The van der Waals surface area contributed by atoms with Gasteiger partial charge in [-0.15, -0.1) is 11.8 Å². The predicted molar refractivity (Wildman–Crippen MR) is 44.2 cm³/mol. The van der Waals surface area contributed by atoms with E-state index < -0.39 is 0 Å². The summed E-state index contributed by atoms with van der Waals surface area (Å²) in [7, 11) is 0. The molecule has 1 fully saturated rings. The Morgan fingerprint density at radius 1 is 1.40 bits per heavy atom. The lowest BCUT2D eigenvalue weighted by molar-refractivity contribution is 1.41. The van der Waals surface area contributed by atoms with Crippen LogP contribution in [0.3, 0.4) is 0 Å². The van der Waals surface area contributed by atoms with E-state index in [1.54, 1.807) is 0 Å². The molecule has 0 aliphatic heterocycles. The Balaban J connectivity index is 2.03. The third-order valence-corrected chi connectivity index (χ3v) is 2.81. The van der Waals surface area contributed by atoms with E-state index in [-0.39, 0.29) is 0 Å². The first-order chi connectivity index (χ1) is 4.95. The maximum absolute atomic E-state index is 3.20. The Morgan fingerprint density at radius 2 is 2.30 bits per heavy atom. The van der Waals surface area contributed by atoms with Crippen molar-refractivity contribution in [1.29, 1.82) is 0 Å². The maximum atomic E-state index is 3.20. The van der Waals surface area contributed by atoms with Crippen LogP contribution in [0.2, 0.25) is 0 Å². The molecule has 1 saturated carbocycles. The van der Waals surface area contributed by atoms with Crippen molar-refractivity contribution in [3.8, 4) is 0 Å². The highest BCUT2D eigenvalue weighted by Gasteiger charge is 2.21. The molecule has 1 aromatic rings. The molecule has 1 aliphatic rings. The van der Waals surface area contributed by atoms with E-state index >= 15 is 0 Å². The van der Waals surface area contributed by atoms with E-state index in [9.17, 15) is 0 Å². The highest BCUT2D eigenvalue weighted by molar-refractivity contribution is 8.00. The van der Waals surface area contributed by atoms with Crippen LogP contribution in [-0.4, -0.2) is 5.25 Å². The first-order valence-corrected chi connectivity index (χ1v) is 4.46. The minimum absolute atomic E-state index is 0.902. The fourth-order valence-corrected chi connectivity index (χ4v) is 1.84. The molecule has 0 saturated heterocycles. The van der Waals surface area contributed by atoms with Crippen molar-refractivity contribution in [3.05, 3.63) is 30.3 Å². The Morgan fingerprint density at radius 3 is 2.90 bits per heavy atom. The molecule has 0 atom stereocenters. The van der Waals surface area contributed by atoms with Crippen LogP contribution in [0, 0.1) is 6.07 Å². The molecule has 2 rings (SSSR count). The number of rotatable bonds is 2. The van der Waals surface area contributed by atoms with Crippen molar-refractivity contribution in [2.24, 2.45) is 0 Å². The Labute approximate surface area is 65.6 Å². The van der Waals surface area contributed by atoms with Crippen LogP contribution in [0.25, 0.3) is 0 Å². The van der Waals surface area contributed by atoms with Gasteiger partial charge in [0, 0.05) is 10.1 Å². The van der Waals surface area contributed by atoms with Crippen LogP contribution < -0.4 is 0 Å². The lowest BCUT2D eigenvalue weighted by Gasteiger charge is -1.94. The summed E-state index contributed by atoms with van der Waals surface area (Å²) >= 11 is 1.95. The number of hydrogen-bond donors (Lipinski definition) is 0. The van der Waals surface area contributed by atoms with Gasteiger partial charge in [0.2, 0.25) is 0 Å². The summed E-state index contributed by atoms with van der Waals surface area (Å²) in [5, 5.41) is 0.902. The predicted octanol–water partition coefficient (Wildman–Crippen LogP) is 2.74. The van der Waals surface area contributed by atoms with Crippen LogP contribution in [-0.2, 0) is 0 Å². The fraction of sp³-hybridized carbons (Fsp3) is 0.333. The largest absolute Gasteiger partial charge is 0.122 e. The van der Waals surface area contributed by atoms with Gasteiger partial charge in [-0.2, -0.15) is 0 Å². The van der Waals surface area contributed by atoms with Crippen molar-refractivity contribution < 1.29 is 0 Å². The van der Waals surface area contributed by atoms with Gasteiger partial charge < -0.3 is 0 Å². The van der Waals surface area contributed by atoms with Crippen molar-refractivity contribution in [3.63, 3.8) is 0 Å². The zero-order valence-corrected chi connectivity index (χ0v) is 6.53. The van der Waals surface area contributed by atoms with Gasteiger partial charge in [0.1, 0.15) is 0 Å². The average Bonchev–Trinajstić information content (AvgIpc) is 2.74. The Bertz CT molecular complexity index is 201. The summed E-state index contributed by atoms with van der Waals surface area (Å²) in [6, 6.07) is 11.4. The summed E-state index contributed by atoms with van der Waals surface area (Å²) < 4.78 is 0. The lowest BCUT2D eigenvalue weighted by atomic mass is 10.4. The maximum Gasteiger partial charge on any atom is 0.0154 e. The second-order valence-electron chi connectivity index (χ2n) is 2.54. The first-order valence-electron chi connectivity index (χ1n) is 3.58. The van der Waals surface area contributed by atoms with E-state index in [1.165, 1.54) is 17.7 Å². The number of thioether (sulfide) groups is 1. The molecule has 0 aromatic heterocycles. The van der Waals surface area contributed by atoms with Crippen molar-refractivity contribution in [2.45, 2.75) is 23.0 Å². The van der Waals surface area contributed by atoms with Gasteiger partial charge in [0.05, 0.1) is 0 Å². The fourth-order valence-electron chi connectivity index (χ4n) is 0.816. The third-order valence-electron chi connectivity index (χ3n) is 1.50. The molecule has 1 heteroatoms. The highest BCUT2D eigenvalue weighted by Crippen LogP contribution is 2.38. The molecular formula is C9H9S. The lowest BCUT2D eigenvalue weighted by Crippen LogP contribution is -1.72. The molecule has 1 radical (unpaired) electrons. The minimum atomic E-state index is 0.902. The minimum Gasteiger partial charge on any atom is -0.122 e. The van der Waals surface area contributed by atoms with Gasteiger partial charge in [-0.3, -0.25) is 0 Å². The quantitative estimate of drug-likeness (QED) is 0.623. The standard InChI is InChI=1S/C9H9S/c1-2-4-8(5-3-1)10-9-6-7-9/h1-4,9H,6-7H2. The molecule has 0 heterocycles. The van der Waals surface area contributed by atoms with Crippen LogP contribution >= 0.6 is 11.8 Å². The normalized spacial score (nSPS) is 17.2. The van der Waals surface area contributed by atoms with Crippen LogP contribution in [0.15, 0.2) is 29.2 Å². The monoisotopic (exact) mass is 149 g/mol. The molecule has 0 unspecified atom stereocenters. The number of benzene rings is 1. The van der Waals surface area contributed by atoms with E-state index in [0.29, 0.717) is 0 Å². The molecule has 0 spiro atoms. The van der Waals surface area contributed by atoms with Gasteiger partial charge in [-0.25, -0.2) is 0 Å². The van der Waals surface area contributed by atoms with Gasteiger partial charge in [-0.1, -0.05) is 18.2 Å². The Hall–Kier alpha value is -0.430. The van der Waals surface area contributed by atoms with Crippen LogP contribution in [0.1, 0.15) is 12.8 Å². The van der Waals surface area contributed by atoms with Crippen LogP contribution in [0.5, 0.6) is 0 Å². The van der Waals surface area contributed by atoms with E-state index in [4.69, 9.17) is 0 Å². The third kappa shape index (κ3) is 1.54. The molecule has 0 nitrogen and oxygen atoms in total. The molecule has 0 N–H and O–H groups in total. The van der Waals surface area contributed by atoms with Gasteiger partial charge >= 0.3 is 0 Å². The zero-order chi connectivity index (χ0) is 6.81. The summed E-state index contributed by atoms with van der Waals surface area (Å²) in [4.78, 5) is 1.30. The average molecular weight is 149 g/mol. The van der Waals surface area contributed by atoms with E-state index in [0.717, 1.165) is 5.25 Å². The van der Waals surface area contributed by atoms with Crippen molar-refractivity contribution >= 4 is 11.8 Å². The molecule has 1 aliphatic carbocycles. The highest BCUT2D eigenvalue weighted by atomic mass is 32.2. The molecule has 10 heavy (non-hydrogen) atoms. The van der Waals surface area contributed by atoms with Gasteiger partial charge in [0.25, 0.3) is 0 Å². The zero-order valence-electron chi connectivity index (χ0n) is 5.71.